The van der Waals surface area contributed by atoms with E-state index in [9.17, 15) is 0 Å². The van der Waals surface area contributed by atoms with Crippen molar-refractivity contribution in [3.8, 4) is 0 Å². The number of hydrogen-bond acceptors (Lipinski definition) is 3. The number of aromatic nitrogens is 2. The van der Waals surface area contributed by atoms with E-state index in [0.29, 0.717) is 6.54 Å². The smallest absolute Gasteiger partial charge is 0.123 e. The summed E-state index contributed by atoms with van der Waals surface area (Å²) in [6, 6.07) is 8.01. The van der Waals surface area contributed by atoms with Gasteiger partial charge in [-0.05, 0) is 18.7 Å². The van der Waals surface area contributed by atoms with Crippen LogP contribution in [-0.4, -0.2) is 27.8 Å². The van der Waals surface area contributed by atoms with E-state index in [1.54, 1.807) is 0 Å². The molecule has 2 N–H and O–H groups in total. The third-order valence-corrected chi connectivity index (χ3v) is 2.59. The number of aliphatic hydroxyl groups excluding tert-OH is 1. The fourth-order valence-corrected chi connectivity index (χ4v) is 1.85. The van der Waals surface area contributed by atoms with E-state index < -0.39 is 0 Å². The molecule has 0 amide bonds. The van der Waals surface area contributed by atoms with Gasteiger partial charge in [-0.3, -0.25) is 0 Å². The lowest BCUT2D eigenvalue weighted by Crippen LogP contribution is -2.17. The fourth-order valence-electron chi connectivity index (χ4n) is 1.85. The minimum absolute atomic E-state index is 0.138. The summed E-state index contributed by atoms with van der Waals surface area (Å²) in [4.78, 5) is 4.56. The molecule has 0 unspecified atom stereocenters. The summed E-state index contributed by atoms with van der Waals surface area (Å²) in [7, 11) is 0. The first-order valence-corrected chi connectivity index (χ1v) is 5.62. The van der Waals surface area contributed by atoms with Crippen molar-refractivity contribution in [2.45, 2.75) is 20.0 Å². The zero-order valence-corrected chi connectivity index (χ0v) is 9.48. The Bertz CT molecular complexity index is 464. The molecule has 0 saturated carbocycles. The molecule has 4 nitrogen and oxygen atoms in total. The third kappa shape index (κ3) is 2.08. The Morgan fingerprint density at radius 3 is 2.94 bits per heavy atom. The van der Waals surface area contributed by atoms with Crippen LogP contribution in [0.1, 0.15) is 12.7 Å². The molecule has 0 aliphatic carbocycles. The van der Waals surface area contributed by atoms with E-state index in [-0.39, 0.29) is 6.61 Å². The summed E-state index contributed by atoms with van der Waals surface area (Å²) in [5.74, 6) is 0.983. The Kier molecular flexibility index (Phi) is 3.54. The fraction of sp³-hybridized carbons (Fsp3) is 0.417. The van der Waals surface area contributed by atoms with Gasteiger partial charge in [0.15, 0.2) is 0 Å². The van der Waals surface area contributed by atoms with E-state index in [1.807, 2.05) is 24.3 Å². The van der Waals surface area contributed by atoms with Crippen molar-refractivity contribution in [1.82, 2.24) is 14.9 Å². The Hall–Kier alpha value is -1.39. The summed E-state index contributed by atoms with van der Waals surface area (Å²) >= 11 is 0. The lowest BCUT2D eigenvalue weighted by molar-refractivity contribution is 0.275. The molecular formula is C12H17N3O. The first-order valence-electron chi connectivity index (χ1n) is 5.62. The van der Waals surface area contributed by atoms with E-state index in [4.69, 9.17) is 5.11 Å². The Balaban J connectivity index is 2.41. The summed E-state index contributed by atoms with van der Waals surface area (Å²) in [5.41, 5.74) is 2.08. The van der Waals surface area contributed by atoms with Crippen LogP contribution < -0.4 is 5.32 Å². The van der Waals surface area contributed by atoms with Crippen molar-refractivity contribution >= 4 is 11.0 Å². The number of benzene rings is 1. The second kappa shape index (κ2) is 5.09. The van der Waals surface area contributed by atoms with Crippen molar-refractivity contribution in [3.05, 3.63) is 30.1 Å². The molecule has 86 valence electrons. The highest BCUT2D eigenvalue weighted by Gasteiger charge is 2.08. The maximum Gasteiger partial charge on any atom is 0.123 e. The highest BCUT2D eigenvalue weighted by Crippen LogP contribution is 2.15. The largest absolute Gasteiger partial charge is 0.395 e. The first kappa shape index (κ1) is 11.1. The minimum Gasteiger partial charge on any atom is -0.395 e. The van der Waals surface area contributed by atoms with Gasteiger partial charge in [-0.1, -0.05) is 19.1 Å². The molecule has 0 aliphatic heterocycles. The maximum absolute atomic E-state index is 9.08. The van der Waals surface area contributed by atoms with Gasteiger partial charge in [0.2, 0.25) is 0 Å². The standard InChI is InChI=1S/C12H17N3O/c1-2-13-9-12-14-10-5-3-4-6-11(10)15(12)7-8-16/h3-6,13,16H,2,7-9H2,1H3. The summed E-state index contributed by atoms with van der Waals surface area (Å²) in [5, 5.41) is 12.3. The summed E-state index contributed by atoms with van der Waals surface area (Å²) in [6.07, 6.45) is 0. The highest BCUT2D eigenvalue weighted by atomic mass is 16.3. The number of hydrogen-bond donors (Lipinski definition) is 2. The van der Waals surface area contributed by atoms with Gasteiger partial charge in [-0.2, -0.15) is 0 Å². The van der Waals surface area contributed by atoms with E-state index in [0.717, 1.165) is 29.9 Å². The third-order valence-electron chi connectivity index (χ3n) is 2.59. The number of fused-ring (bicyclic) bond motifs is 1. The minimum atomic E-state index is 0.138. The molecule has 0 fully saturated rings. The number of rotatable bonds is 5. The van der Waals surface area contributed by atoms with Crippen LogP contribution in [-0.2, 0) is 13.1 Å². The summed E-state index contributed by atoms with van der Waals surface area (Å²) in [6.45, 7) is 4.47. The predicted molar refractivity (Wildman–Crippen MR) is 64.2 cm³/mol. The van der Waals surface area contributed by atoms with Crippen molar-refractivity contribution in [3.63, 3.8) is 0 Å². The molecule has 0 radical (unpaired) electrons. The highest BCUT2D eigenvalue weighted by molar-refractivity contribution is 5.75. The average molecular weight is 219 g/mol. The van der Waals surface area contributed by atoms with Crippen LogP contribution in [0.4, 0.5) is 0 Å². The number of imidazole rings is 1. The quantitative estimate of drug-likeness (QED) is 0.792. The summed E-state index contributed by atoms with van der Waals surface area (Å²) < 4.78 is 2.07. The second-order valence-electron chi connectivity index (χ2n) is 3.67. The second-order valence-corrected chi connectivity index (χ2v) is 3.67. The Morgan fingerprint density at radius 1 is 1.38 bits per heavy atom. The van der Waals surface area contributed by atoms with Gasteiger partial charge >= 0.3 is 0 Å². The lowest BCUT2D eigenvalue weighted by atomic mass is 10.3. The molecule has 16 heavy (non-hydrogen) atoms. The topological polar surface area (TPSA) is 50.1 Å². The molecule has 2 aromatic rings. The number of para-hydroxylation sites is 2. The van der Waals surface area contributed by atoms with Crippen molar-refractivity contribution in [1.29, 1.82) is 0 Å². The maximum atomic E-state index is 9.08. The van der Waals surface area contributed by atoms with Gasteiger partial charge in [0, 0.05) is 6.54 Å². The molecule has 0 aliphatic rings. The Labute approximate surface area is 94.9 Å². The average Bonchev–Trinajstić information content (AvgIpc) is 2.66. The molecule has 0 spiro atoms. The number of nitrogens with zero attached hydrogens (tertiary/aromatic N) is 2. The van der Waals surface area contributed by atoms with Crippen LogP contribution in [0.25, 0.3) is 11.0 Å². The van der Waals surface area contributed by atoms with Crippen LogP contribution in [0.15, 0.2) is 24.3 Å². The van der Waals surface area contributed by atoms with Gasteiger partial charge in [-0.25, -0.2) is 4.98 Å². The molecule has 1 aromatic carbocycles. The molecule has 1 aromatic heterocycles. The van der Waals surface area contributed by atoms with Gasteiger partial charge in [0.05, 0.1) is 24.2 Å². The van der Waals surface area contributed by atoms with Crippen molar-refractivity contribution < 1.29 is 5.11 Å². The number of aliphatic hydroxyl groups is 1. The Morgan fingerprint density at radius 2 is 2.19 bits per heavy atom. The van der Waals surface area contributed by atoms with E-state index >= 15 is 0 Å². The molecule has 4 heteroatoms. The van der Waals surface area contributed by atoms with Crippen LogP contribution in [0.5, 0.6) is 0 Å². The lowest BCUT2D eigenvalue weighted by Gasteiger charge is -2.07. The van der Waals surface area contributed by atoms with Gasteiger partial charge in [0.1, 0.15) is 5.82 Å². The monoisotopic (exact) mass is 219 g/mol. The van der Waals surface area contributed by atoms with E-state index in [2.05, 4.69) is 21.8 Å². The zero-order valence-electron chi connectivity index (χ0n) is 9.48. The molecule has 0 atom stereocenters. The molecule has 2 rings (SSSR count). The van der Waals surface area contributed by atoms with Crippen LogP contribution >= 0.6 is 0 Å². The van der Waals surface area contributed by atoms with Gasteiger partial charge in [-0.15, -0.1) is 0 Å². The zero-order chi connectivity index (χ0) is 11.4. The molecule has 0 bridgehead atoms. The van der Waals surface area contributed by atoms with Crippen LogP contribution in [0, 0.1) is 0 Å². The first-order chi connectivity index (χ1) is 7.86. The molecular weight excluding hydrogens is 202 g/mol. The molecule has 1 heterocycles. The van der Waals surface area contributed by atoms with Gasteiger partial charge < -0.3 is 15.0 Å². The molecule has 0 saturated heterocycles. The SMILES string of the molecule is CCNCc1nc2ccccc2n1CCO. The predicted octanol–water partition coefficient (Wildman–Crippen LogP) is 1.14. The normalized spacial score (nSPS) is 11.1. The number of nitrogens with one attached hydrogen (secondary N) is 1. The van der Waals surface area contributed by atoms with E-state index in [1.165, 1.54) is 0 Å². The van der Waals surface area contributed by atoms with Crippen molar-refractivity contribution in [2.75, 3.05) is 13.2 Å². The van der Waals surface area contributed by atoms with Crippen LogP contribution in [0.2, 0.25) is 0 Å². The van der Waals surface area contributed by atoms with Crippen molar-refractivity contribution in [2.24, 2.45) is 0 Å². The van der Waals surface area contributed by atoms with Crippen LogP contribution in [0.3, 0.4) is 0 Å². The van der Waals surface area contributed by atoms with Gasteiger partial charge in [0.25, 0.3) is 0 Å².